The molecule has 4 heterocycles. The number of hydrogen-bond acceptors (Lipinski definition) is 5. The summed E-state index contributed by atoms with van der Waals surface area (Å²) in [5, 5.41) is 1.25. The van der Waals surface area contributed by atoms with Crippen LogP contribution < -0.4 is 4.90 Å². The van der Waals surface area contributed by atoms with Gasteiger partial charge in [0.05, 0.1) is 5.39 Å². The number of aromatic nitrogens is 2. The highest BCUT2D eigenvalue weighted by Gasteiger charge is 2.44. The maximum Gasteiger partial charge on any atom is 0.140 e. The smallest absolute Gasteiger partial charge is 0.140 e. The molecule has 5 heteroatoms. The summed E-state index contributed by atoms with van der Waals surface area (Å²) >= 11 is 1.81. The topological polar surface area (TPSA) is 32.3 Å². The van der Waals surface area contributed by atoms with Crippen molar-refractivity contribution in [2.75, 3.05) is 31.1 Å². The number of benzene rings is 1. The van der Waals surface area contributed by atoms with E-state index in [-0.39, 0.29) is 0 Å². The highest BCUT2D eigenvalue weighted by molar-refractivity contribution is 7.18. The molecule has 0 amide bonds. The zero-order valence-corrected chi connectivity index (χ0v) is 16.7. The van der Waals surface area contributed by atoms with Crippen LogP contribution in [0.1, 0.15) is 30.2 Å². The van der Waals surface area contributed by atoms with E-state index in [1.165, 1.54) is 41.8 Å². The van der Waals surface area contributed by atoms with Gasteiger partial charge < -0.3 is 4.90 Å². The van der Waals surface area contributed by atoms with Crippen molar-refractivity contribution < 1.29 is 0 Å². The molecule has 1 aromatic carbocycles. The summed E-state index contributed by atoms with van der Waals surface area (Å²) in [6, 6.07) is 13.2. The van der Waals surface area contributed by atoms with Gasteiger partial charge in [-0.05, 0) is 37.4 Å². The summed E-state index contributed by atoms with van der Waals surface area (Å²) in [6.07, 6.45) is 5.39. The van der Waals surface area contributed by atoms with Gasteiger partial charge >= 0.3 is 0 Å². The maximum absolute atomic E-state index is 4.69. The minimum Gasteiger partial charge on any atom is -0.355 e. The maximum atomic E-state index is 4.69. The first-order valence-electron chi connectivity index (χ1n) is 9.99. The van der Waals surface area contributed by atoms with Gasteiger partial charge in [0.15, 0.2) is 0 Å². The predicted octanol–water partition coefficient (Wildman–Crippen LogP) is 4.36. The number of thiophene rings is 1. The van der Waals surface area contributed by atoms with E-state index < -0.39 is 0 Å². The molecular formula is C22H26N4S. The van der Waals surface area contributed by atoms with Crippen molar-refractivity contribution in [3.63, 3.8) is 0 Å². The van der Waals surface area contributed by atoms with Gasteiger partial charge in [-0.25, -0.2) is 9.97 Å². The van der Waals surface area contributed by atoms with E-state index in [0.29, 0.717) is 5.41 Å². The molecule has 2 aromatic heterocycles. The molecule has 1 atom stereocenters. The number of fused-ring (bicyclic) bond motifs is 1. The van der Waals surface area contributed by atoms with Crippen LogP contribution in [0.25, 0.3) is 10.2 Å². The van der Waals surface area contributed by atoms with Crippen molar-refractivity contribution in [1.82, 2.24) is 14.9 Å². The van der Waals surface area contributed by atoms with E-state index in [9.17, 15) is 0 Å². The summed E-state index contributed by atoms with van der Waals surface area (Å²) in [7, 11) is 0. The summed E-state index contributed by atoms with van der Waals surface area (Å²) in [5.41, 5.74) is 1.85. The molecule has 2 aliphatic heterocycles. The molecule has 140 valence electrons. The van der Waals surface area contributed by atoms with Gasteiger partial charge in [-0.2, -0.15) is 0 Å². The largest absolute Gasteiger partial charge is 0.355 e. The Balaban J connectivity index is 1.32. The Kier molecular flexibility index (Phi) is 4.37. The van der Waals surface area contributed by atoms with Crippen molar-refractivity contribution in [2.24, 2.45) is 5.41 Å². The second-order valence-electron chi connectivity index (χ2n) is 8.10. The molecule has 3 aromatic rings. The van der Waals surface area contributed by atoms with Gasteiger partial charge in [-0.3, -0.25) is 4.90 Å². The van der Waals surface area contributed by atoms with Gasteiger partial charge in [0, 0.05) is 36.5 Å². The lowest BCUT2D eigenvalue weighted by Crippen LogP contribution is -2.31. The average Bonchev–Trinajstić information content (AvgIpc) is 3.41. The molecule has 5 rings (SSSR count). The molecular weight excluding hydrogens is 352 g/mol. The Morgan fingerprint density at radius 1 is 1.07 bits per heavy atom. The summed E-state index contributed by atoms with van der Waals surface area (Å²) in [4.78, 5) is 16.9. The van der Waals surface area contributed by atoms with Crippen LogP contribution >= 0.6 is 11.3 Å². The van der Waals surface area contributed by atoms with Crippen LogP contribution in [0.3, 0.4) is 0 Å². The predicted molar refractivity (Wildman–Crippen MR) is 112 cm³/mol. The van der Waals surface area contributed by atoms with Gasteiger partial charge in [0.1, 0.15) is 17.0 Å². The Labute approximate surface area is 164 Å². The molecule has 1 spiro atoms. The fourth-order valence-corrected chi connectivity index (χ4v) is 5.70. The molecule has 0 N–H and O–H groups in total. The fourth-order valence-electron chi connectivity index (χ4n) is 4.77. The molecule has 2 saturated heterocycles. The first-order valence-corrected chi connectivity index (χ1v) is 10.8. The molecule has 0 unspecified atom stereocenters. The summed E-state index contributed by atoms with van der Waals surface area (Å²) < 4.78 is 0. The Bertz CT molecular complexity index is 938. The van der Waals surface area contributed by atoms with Gasteiger partial charge in [0.2, 0.25) is 0 Å². The number of nitrogens with zero attached hydrogens (tertiary/aromatic N) is 4. The van der Waals surface area contributed by atoms with Gasteiger partial charge in [-0.15, -0.1) is 11.3 Å². The van der Waals surface area contributed by atoms with Crippen LogP contribution in [0.2, 0.25) is 0 Å². The number of rotatable bonds is 4. The zero-order valence-electron chi connectivity index (χ0n) is 15.9. The third kappa shape index (κ3) is 3.23. The molecule has 0 saturated carbocycles. The second-order valence-corrected chi connectivity index (χ2v) is 9.22. The summed E-state index contributed by atoms with van der Waals surface area (Å²) in [5.74, 6) is 1.15. The first-order chi connectivity index (χ1) is 13.2. The number of anilines is 1. The Morgan fingerprint density at radius 2 is 1.93 bits per heavy atom. The lowest BCUT2D eigenvalue weighted by atomic mass is 9.86. The zero-order chi connectivity index (χ0) is 18.3. The molecule has 0 bridgehead atoms. The van der Waals surface area contributed by atoms with E-state index in [1.54, 1.807) is 6.33 Å². The van der Waals surface area contributed by atoms with Crippen molar-refractivity contribution in [3.05, 3.63) is 53.2 Å². The first kappa shape index (κ1) is 17.1. The molecule has 0 radical (unpaired) electrons. The molecule has 0 aliphatic carbocycles. The quantitative estimate of drug-likeness (QED) is 0.675. The molecule has 27 heavy (non-hydrogen) atoms. The van der Waals surface area contributed by atoms with Crippen LogP contribution in [0.4, 0.5) is 5.82 Å². The highest BCUT2D eigenvalue weighted by Crippen LogP contribution is 2.42. The molecule has 2 fully saturated rings. The van der Waals surface area contributed by atoms with Crippen LogP contribution in [0.15, 0.2) is 42.7 Å². The van der Waals surface area contributed by atoms with E-state index in [1.807, 2.05) is 11.3 Å². The number of hydrogen-bond donors (Lipinski definition) is 0. The average molecular weight is 379 g/mol. The van der Waals surface area contributed by atoms with Crippen molar-refractivity contribution in [1.29, 1.82) is 0 Å². The summed E-state index contributed by atoms with van der Waals surface area (Å²) in [6.45, 7) is 7.94. The third-order valence-corrected chi connectivity index (χ3v) is 7.40. The van der Waals surface area contributed by atoms with Gasteiger partial charge in [-0.1, -0.05) is 37.3 Å². The highest BCUT2D eigenvalue weighted by atomic mass is 32.1. The minimum atomic E-state index is 0.426. The van der Waals surface area contributed by atoms with Crippen LogP contribution in [0.5, 0.6) is 0 Å². The monoisotopic (exact) mass is 378 g/mol. The fraction of sp³-hybridized carbons (Fsp3) is 0.455. The van der Waals surface area contributed by atoms with E-state index in [4.69, 9.17) is 0 Å². The molecule has 2 aliphatic rings. The van der Waals surface area contributed by atoms with Crippen LogP contribution in [0, 0.1) is 5.41 Å². The lowest BCUT2D eigenvalue weighted by molar-refractivity contribution is 0.270. The van der Waals surface area contributed by atoms with E-state index in [2.05, 4.69) is 63.1 Å². The van der Waals surface area contributed by atoms with E-state index >= 15 is 0 Å². The Hall–Kier alpha value is -1.98. The lowest BCUT2D eigenvalue weighted by Gasteiger charge is -2.25. The standard InChI is InChI=1S/C22H26N4S/c1-2-18-12-19-20(23-16-24-21(19)27-18)26-11-9-22(15-26)8-10-25(14-22)13-17-6-4-3-5-7-17/h3-7,12,16H,2,8-11,13-15H2,1H3/t22-/m1/s1. The minimum absolute atomic E-state index is 0.426. The van der Waals surface area contributed by atoms with Crippen LogP contribution in [-0.2, 0) is 13.0 Å². The SMILES string of the molecule is CCc1cc2c(N3CC[C@@]4(CCN(Cc5ccccc5)C4)C3)ncnc2s1. The molecule has 4 nitrogen and oxygen atoms in total. The number of aryl methyl sites for hydroxylation is 1. The Morgan fingerprint density at radius 3 is 2.78 bits per heavy atom. The van der Waals surface area contributed by atoms with Gasteiger partial charge in [0.25, 0.3) is 0 Å². The van der Waals surface area contributed by atoms with Crippen molar-refractivity contribution in [2.45, 2.75) is 32.7 Å². The van der Waals surface area contributed by atoms with Crippen molar-refractivity contribution in [3.8, 4) is 0 Å². The second kappa shape index (κ2) is 6.88. The van der Waals surface area contributed by atoms with Crippen molar-refractivity contribution >= 4 is 27.4 Å². The normalized spacial score (nSPS) is 23.1. The third-order valence-electron chi connectivity index (χ3n) is 6.21. The van der Waals surface area contributed by atoms with E-state index in [0.717, 1.165) is 36.7 Å². The number of likely N-dealkylation sites (tertiary alicyclic amines) is 1. The van der Waals surface area contributed by atoms with Crippen LogP contribution in [-0.4, -0.2) is 41.0 Å².